The van der Waals surface area contributed by atoms with Crippen LogP contribution in [0.1, 0.15) is 59.9 Å². The van der Waals surface area contributed by atoms with Crippen LogP contribution in [0.4, 0.5) is 0 Å². The molecule has 2 aliphatic rings. The first-order valence-electron chi connectivity index (χ1n) is 9.61. The Morgan fingerprint density at radius 1 is 1.04 bits per heavy atom. The van der Waals surface area contributed by atoms with E-state index in [0.717, 1.165) is 55.5 Å². The highest BCUT2D eigenvalue weighted by Gasteiger charge is 2.40. The molecule has 0 amide bonds. The van der Waals surface area contributed by atoms with Crippen LogP contribution in [0.5, 0.6) is 17.2 Å². The Morgan fingerprint density at radius 2 is 1.81 bits per heavy atom. The van der Waals surface area contributed by atoms with Gasteiger partial charge in [-0.2, -0.15) is 0 Å². The summed E-state index contributed by atoms with van der Waals surface area (Å²) in [5.41, 5.74) is 5.66. The summed E-state index contributed by atoms with van der Waals surface area (Å²) in [5.74, 6) is 0.433. The molecule has 0 aromatic heterocycles. The Labute approximate surface area is 154 Å². The number of phenolic OH excluding ortho intramolecular Hbond substituents is 3. The third-order valence-electron chi connectivity index (χ3n) is 6.24. The summed E-state index contributed by atoms with van der Waals surface area (Å²) >= 11 is 0. The van der Waals surface area contributed by atoms with E-state index >= 15 is 0 Å². The number of nitrogens with zero attached hydrogens (tertiary/aromatic N) is 1. The van der Waals surface area contributed by atoms with Crippen LogP contribution in [-0.4, -0.2) is 32.8 Å². The molecule has 0 saturated carbocycles. The Balaban J connectivity index is 1.88. The van der Waals surface area contributed by atoms with E-state index in [4.69, 9.17) is 0 Å². The molecule has 4 nitrogen and oxygen atoms in total. The summed E-state index contributed by atoms with van der Waals surface area (Å²) in [5, 5.41) is 30.3. The smallest absolute Gasteiger partial charge is 0.157 e. The topological polar surface area (TPSA) is 63.9 Å². The molecule has 2 aromatic carbocycles. The summed E-state index contributed by atoms with van der Waals surface area (Å²) in [4.78, 5) is 2.55. The second-order valence-corrected chi connectivity index (χ2v) is 7.72. The van der Waals surface area contributed by atoms with Crippen LogP contribution in [0, 0.1) is 6.92 Å². The van der Waals surface area contributed by atoms with E-state index < -0.39 is 0 Å². The van der Waals surface area contributed by atoms with E-state index in [1.807, 2.05) is 13.0 Å². The van der Waals surface area contributed by atoms with Crippen LogP contribution in [0.15, 0.2) is 24.3 Å². The molecule has 0 saturated heterocycles. The van der Waals surface area contributed by atoms with Crippen molar-refractivity contribution in [3.05, 3.63) is 52.1 Å². The van der Waals surface area contributed by atoms with E-state index in [-0.39, 0.29) is 17.4 Å². The predicted octanol–water partition coefficient (Wildman–Crippen LogP) is 4.17. The molecule has 2 aromatic rings. The van der Waals surface area contributed by atoms with E-state index in [1.165, 1.54) is 11.1 Å². The maximum Gasteiger partial charge on any atom is 0.157 e. The summed E-state index contributed by atoms with van der Waals surface area (Å²) in [6.45, 7) is 6.12. The van der Waals surface area contributed by atoms with Gasteiger partial charge in [-0.1, -0.05) is 19.4 Å². The minimum atomic E-state index is -0.0490. The van der Waals surface area contributed by atoms with Crippen molar-refractivity contribution in [1.29, 1.82) is 0 Å². The Morgan fingerprint density at radius 3 is 2.58 bits per heavy atom. The van der Waals surface area contributed by atoms with Crippen molar-refractivity contribution in [3.63, 3.8) is 0 Å². The molecule has 4 heteroatoms. The summed E-state index contributed by atoms with van der Waals surface area (Å²) in [7, 11) is 0. The minimum absolute atomic E-state index is 0.0389. The average molecular weight is 353 g/mol. The van der Waals surface area contributed by atoms with Crippen molar-refractivity contribution in [1.82, 2.24) is 4.90 Å². The molecule has 0 spiro atoms. The number of fused-ring (bicyclic) bond motifs is 5. The standard InChI is InChI=1S/C22H27NO3/c1-3-4-9-23-12-17-13(2)19(24)8-6-15(17)22-16-11-21(26)20(25)10-14(16)5-7-18(22)23/h6,8,10-11,18,22,24-26H,3-5,7,9,12H2,1-2H3/t18-,22-/m0/s1. The first-order chi connectivity index (χ1) is 12.5. The van der Waals surface area contributed by atoms with Gasteiger partial charge in [-0.25, -0.2) is 0 Å². The van der Waals surface area contributed by atoms with E-state index in [1.54, 1.807) is 18.2 Å². The van der Waals surface area contributed by atoms with Crippen LogP contribution < -0.4 is 0 Å². The second kappa shape index (κ2) is 6.51. The molecular weight excluding hydrogens is 326 g/mol. The lowest BCUT2D eigenvalue weighted by Gasteiger charge is -2.46. The molecule has 26 heavy (non-hydrogen) atoms. The molecule has 138 valence electrons. The predicted molar refractivity (Wildman–Crippen MR) is 102 cm³/mol. The lowest BCUT2D eigenvalue weighted by molar-refractivity contribution is 0.138. The first kappa shape index (κ1) is 17.2. The van der Waals surface area contributed by atoms with Crippen molar-refractivity contribution >= 4 is 0 Å². The molecule has 0 fully saturated rings. The van der Waals surface area contributed by atoms with Crippen molar-refractivity contribution in [2.24, 2.45) is 0 Å². The van der Waals surface area contributed by atoms with Gasteiger partial charge in [0, 0.05) is 18.5 Å². The molecule has 1 heterocycles. The molecule has 0 bridgehead atoms. The zero-order chi connectivity index (χ0) is 18.4. The number of aryl methyl sites for hydroxylation is 1. The summed E-state index contributed by atoms with van der Waals surface area (Å²) < 4.78 is 0. The molecule has 3 N–H and O–H groups in total. The van der Waals surface area contributed by atoms with Gasteiger partial charge in [-0.3, -0.25) is 4.90 Å². The monoisotopic (exact) mass is 353 g/mol. The molecule has 1 aliphatic heterocycles. The fourth-order valence-electron chi connectivity index (χ4n) is 4.78. The van der Waals surface area contributed by atoms with Crippen molar-refractivity contribution in [2.75, 3.05) is 6.54 Å². The summed E-state index contributed by atoms with van der Waals surface area (Å²) in [6, 6.07) is 7.71. The highest BCUT2D eigenvalue weighted by Crippen LogP contribution is 2.48. The van der Waals surface area contributed by atoms with Gasteiger partial charge >= 0.3 is 0 Å². The van der Waals surface area contributed by atoms with Crippen LogP contribution in [-0.2, 0) is 13.0 Å². The van der Waals surface area contributed by atoms with Crippen LogP contribution in [0.3, 0.4) is 0 Å². The average Bonchev–Trinajstić information content (AvgIpc) is 2.63. The van der Waals surface area contributed by atoms with Gasteiger partial charge < -0.3 is 15.3 Å². The Kier molecular flexibility index (Phi) is 4.31. The molecule has 0 unspecified atom stereocenters. The number of phenols is 3. The van der Waals surface area contributed by atoms with Gasteiger partial charge in [-0.15, -0.1) is 0 Å². The van der Waals surface area contributed by atoms with Crippen molar-refractivity contribution in [2.45, 2.75) is 58.0 Å². The fraction of sp³-hybridized carbons (Fsp3) is 0.455. The number of unbranched alkanes of at least 4 members (excludes halogenated alkanes) is 1. The minimum Gasteiger partial charge on any atom is -0.508 e. The van der Waals surface area contributed by atoms with E-state index in [9.17, 15) is 15.3 Å². The third kappa shape index (κ3) is 2.64. The maximum absolute atomic E-state index is 10.2. The highest BCUT2D eigenvalue weighted by molar-refractivity contribution is 5.55. The van der Waals surface area contributed by atoms with E-state index in [0.29, 0.717) is 11.8 Å². The van der Waals surface area contributed by atoms with Crippen LogP contribution in [0.25, 0.3) is 0 Å². The lowest BCUT2D eigenvalue weighted by Crippen LogP contribution is -2.46. The fourth-order valence-corrected chi connectivity index (χ4v) is 4.78. The largest absolute Gasteiger partial charge is 0.508 e. The van der Waals surface area contributed by atoms with Crippen molar-refractivity contribution in [3.8, 4) is 17.2 Å². The van der Waals surface area contributed by atoms with Gasteiger partial charge in [0.05, 0.1) is 0 Å². The van der Waals surface area contributed by atoms with Crippen molar-refractivity contribution < 1.29 is 15.3 Å². The summed E-state index contributed by atoms with van der Waals surface area (Å²) in [6.07, 6.45) is 4.28. The third-order valence-corrected chi connectivity index (χ3v) is 6.24. The van der Waals surface area contributed by atoms with Crippen LogP contribution in [0.2, 0.25) is 0 Å². The Bertz CT molecular complexity index is 846. The van der Waals surface area contributed by atoms with Gasteiger partial charge in [0.25, 0.3) is 0 Å². The molecule has 4 rings (SSSR count). The number of hydrogen-bond acceptors (Lipinski definition) is 4. The number of aromatic hydroxyl groups is 3. The number of benzene rings is 2. The quantitative estimate of drug-likeness (QED) is 0.725. The van der Waals surface area contributed by atoms with E-state index in [2.05, 4.69) is 11.8 Å². The zero-order valence-corrected chi connectivity index (χ0v) is 15.5. The lowest BCUT2D eigenvalue weighted by atomic mass is 9.70. The van der Waals surface area contributed by atoms with Gasteiger partial charge in [0.1, 0.15) is 5.75 Å². The molecule has 0 radical (unpaired) electrons. The van der Waals surface area contributed by atoms with Gasteiger partial charge in [0.2, 0.25) is 0 Å². The van der Waals surface area contributed by atoms with Crippen LogP contribution >= 0.6 is 0 Å². The first-order valence-corrected chi connectivity index (χ1v) is 9.61. The van der Waals surface area contributed by atoms with Gasteiger partial charge in [-0.05, 0) is 78.7 Å². The maximum atomic E-state index is 10.2. The molecule has 2 atom stereocenters. The SMILES string of the molecule is CCCCN1Cc2c(ccc(O)c2C)[C@H]2c3cc(O)c(O)cc3CC[C@@H]21. The molecule has 1 aliphatic carbocycles. The molecular formula is C22H27NO3. The number of hydrogen-bond donors (Lipinski definition) is 3. The zero-order valence-electron chi connectivity index (χ0n) is 15.5. The normalized spacial score (nSPS) is 21.8. The number of rotatable bonds is 3. The Hall–Kier alpha value is -2.20. The van der Waals surface area contributed by atoms with Gasteiger partial charge in [0.15, 0.2) is 11.5 Å². The highest BCUT2D eigenvalue weighted by atomic mass is 16.3. The second-order valence-electron chi connectivity index (χ2n) is 7.72.